The van der Waals surface area contributed by atoms with Gasteiger partial charge in [-0.05, 0) is 63.2 Å². The Kier molecular flexibility index (Phi) is 5.34. The Labute approximate surface area is 130 Å². The number of nitrogens with zero attached hydrogens (tertiary/aromatic N) is 1. The van der Waals surface area contributed by atoms with Crippen LogP contribution in [-0.4, -0.2) is 34.6 Å². The molecule has 1 aliphatic carbocycles. The maximum atomic E-state index is 12.8. The van der Waals surface area contributed by atoms with E-state index >= 15 is 0 Å². The molecule has 0 bridgehead atoms. The van der Waals surface area contributed by atoms with E-state index in [4.69, 9.17) is 0 Å². The molecule has 1 heterocycles. The summed E-state index contributed by atoms with van der Waals surface area (Å²) in [4.78, 5) is 14.9. The molecule has 2 unspecified atom stereocenters. The van der Waals surface area contributed by atoms with Crippen molar-refractivity contribution < 1.29 is 9.90 Å². The maximum absolute atomic E-state index is 12.8. The molecule has 2 fully saturated rings. The molecule has 122 valence electrons. The fraction of sp³-hybridized carbons (Fsp3) is 0.944. The normalized spacial score (nSPS) is 32.2. The molecule has 1 saturated heterocycles. The zero-order valence-electron chi connectivity index (χ0n) is 14.3. The van der Waals surface area contributed by atoms with Gasteiger partial charge in [-0.15, -0.1) is 0 Å². The van der Waals surface area contributed by atoms with Crippen LogP contribution in [0.5, 0.6) is 0 Å². The third kappa shape index (κ3) is 4.21. The van der Waals surface area contributed by atoms with E-state index in [0.717, 1.165) is 44.6 Å². The summed E-state index contributed by atoms with van der Waals surface area (Å²) in [5.41, 5.74) is 0.372. The summed E-state index contributed by atoms with van der Waals surface area (Å²) < 4.78 is 0. The molecule has 1 N–H and O–H groups in total. The fourth-order valence-corrected chi connectivity index (χ4v) is 4.21. The van der Waals surface area contributed by atoms with Crippen molar-refractivity contribution in [3.05, 3.63) is 0 Å². The topological polar surface area (TPSA) is 40.5 Å². The Hall–Kier alpha value is -0.570. The minimum absolute atomic E-state index is 0.234. The van der Waals surface area contributed by atoms with Gasteiger partial charge in [0.05, 0.1) is 6.10 Å². The second kappa shape index (κ2) is 6.68. The summed E-state index contributed by atoms with van der Waals surface area (Å²) in [7, 11) is 0. The molecular formula is C18H33NO2. The van der Waals surface area contributed by atoms with E-state index in [9.17, 15) is 9.90 Å². The highest BCUT2D eigenvalue weighted by atomic mass is 16.3. The second-order valence-electron chi connectivity index (χ2n) is 8.33. The van der Waals surface area contributed by atoms with Crippen LogP contribution >= 0.6 is 0 Å². The van der Waals surface area contributed by atoms with Crippen LogP contribution in [0.15, 0.2) is 0 Å². The van der Waals surface area contributed by atoms with Gasteiger partial charge >= 0.3 is 0 Å². The van der Waals surface area contributed by atoms with E-state index in [1.807, 2.05) is 6.92 Å². The maximum Gasteiger partial charge on any atom is 0.225 e. The average molecular weight is 295 g/mol. The van der Waals surface area contributed by atoms with Gasteiger partial charge < -0.3 is 10.0 Å². The number of hydrogen-bond donors (Lipinski definition) is 1. The van der Waals surface area contributed by atoms with Gasteiger partial charge in [0.1, 0.15) is 0 Å². The lowest BCUT2D eigenvalue weighted by atomic mass is 9.69. The summed E-state index contributed by atoms with van der Waals surface area (Å²) >= 11 is 0. The molecule has 0 aromatic heterocycles. The van der Waals surface area contributed by atoms with Crippen LogP contribution in [0.1, 0.15) is 72.6 Å². The van der Waals surface area contributed by atoms with Crippen LogP contribution < -0.4 is 0 Å². The van der Waals surface area contributed by atoms with E-state index in [1.165, 1.54) is 12.8 Å². The van der Waals surface area contributed by atoms with E-state index in [0.29, 0.717) is 11.3 Å². The molecule has 21 heavy (non-hydrogen) atoms. The van der Waals surface area contributed by atoms with Crippen molar-refractivity contribution in [2.75, 3.05) is 6.54 Å². The van der Waals surface area contributed by atoms with E-state index in [2.05, 4.69) is 25.7 Å². The smallest absolute Gasteiger partial charge is 0.225 e. The van der Waals surface area contributed by atoms with Gasteiger partial charge in [0.15, 0.2) is 0 Å². The fourth-order valence-electron chi connectivity index (χ4n) is 4.21. The molecule has 2 aliphatic rings. The lowest BCUT2D eigenvalue weighted by molar-refractivity contribution is -0.138. The first kappa shape index (κ1) is 16.8. The summed E-state index contributed by atoms with van der Waals surface area (Å²) in [5.74, 6) is 1.36. The van der Waals surface area contributed by atoms with Crippen LogP contribution in [0.25, 0.3) is 0 Å². The summed E-state index contributed by atoms with van der Waals surface area (Å²) in [6, 6.07) is 0.276. The highest BCUT2D eigenvalue weighted by molar-refractivity contribution is 5.79. The van der Waals surface area contributed by atoms with Crippen molar-refractivity contribution in [2.45, 2.75) is 84.8 Å². The molecule has 0 radical (unpaired) electrons. The van der Waals surface area contributed by atoms with Crippen LogP contribution in [0.2, 0.25) is 0 Å². The zero-order valence-corrected chi connectivity index (χ0v) is 14.3. The first-order valence-electron chi connectivity index (χ1n) is 8.77. The molecule has 1 saturated carbocycles. The number of likely N-dealkylation sites (tertiary alicyclic amines) is 1. The van der Waals surface area contributed by atoms with E-state index < -0.39 is 0 Å². The minimum Gasteiger partial charge on any atom is -0.393 e. The average Bonchev–Trinajstić information content (AvgIpc) is 2.84. The molecule has 3 heteroatoms. The molecule has 0 aromatic carbocycles. The number of carbonyl (C=O) groups excluding carboxylic acids is 1. The van der Waals surface area contributed by atoms with Crippen LogP contribution in [-0.2, 0) is 4.79 Å². The Morgan fingerprint density at radius 3 is 2.33 bits per heavy atom. The number of hydrogen-bond acceptors (Lipinski definition) is 2. The zero-order chi connectivity index (χ0) is 15.6. The number of aliphatic hydroxyl groups is 1. The van der Waals surface area contributed by atoms with Gasteiger partial charge in [-0.3, -0.25) is 4.79 Å². The predicted octanol–water partition coefficient (Wildman–Crippen LogP) is 3.60. The Morgan fingerprint density at radius 2 is 1.81 bits per heavy atom. The molecule has 3 nitrogen and oxygen atoms in total. The molecule has 2 rings (SSSR count). The Balaban J connectivity index is 1.89. The van der Waals surface area contributed by atoms with Gasteiger partial charge in [-0.1, -0.05) is 20.8 Å². The SMILES string of the molecule is CC(O)CC1CCCN1C(=O)C1CCC(C(C)(C)C)CC1. The summed E-state index contributed by atoms with van der Waals surface area (Å²) in [5, 5.41) is 9.61. The number of carbonyl (C=O) groups is 1. The van der Waals surface area contributed by atoms with Crippen molar-refractivity contribution in [3.63, 3.8) is 0 Å². The monoisotopic (exact) mass is 295 g/mol. The lowest BCUT2D eigenvalue weighted by Gasteiger charge is -2.38. The van der Waals surface area contributed by atoms with Gasteiger partial charge in [-0.2, -0.15) is 0 Å². The minimum atomic E-state index is -0.306. The predicted molar refractivity (Wildman–Crippen MR) is 85.9 cm³/mol. The second-order valence-corrected chi connectivity index (χ2v) is 8.33. The van der Waals surface area contributed by atoms with Crippen LogP contribution in [0.3, 0.4) is 0 Å². The number of aliphatic hydroxyl groups excluding tert-OH is 1. The molecule has 0 spiro atoms. The first-order valence-corrected chi connectivity index (χ1v) is 8.77. The van der Waals surface area contributed by atoms with Crippen molar-refractivity contribution in [3.8, 4) is 0 Å². The van der Waals surface area contributed by atoms with Gasteiger partial charge in [0, 0.05) is 18.5 Å². The van der Waals surface area contributed by atoms with E-state index in [-0.39, 0.29) is 18.1 Å². The Morgan fingerprint density at radius 1 is 1.19 bits per heavy atom. The molecule has 0 aromatic rings. The number of rotatable bonds is 3. The van der Waals surface area contributed by atoms with Crippen molar-refractivity contribution in [1.29, 1.82) is 0 Å². The highest BCUT2D eigenvalue weighted by Gasteiger charge is 2.37. The quantitative estimate of drug-likeness (QED) is 0.864. The van der Waals surface area contributed by atoms with Gasteiger partial charge in [0.25, 0.3) is 0 Å². The van der Waals surface area contributed by atoms with Gasteiger partial charge in [-0.25, -0.2) is 0 Å². The molecule has 1 aliphatic heterocycles. The molecular weight excluding hydrogens is 262 g/mol. The number of amides is 1. The Bertz CT molecular complexity index is 351. The summed E-state index contributed by atoms with van der Waals surface area (Å²) in [6.07, 6.45) is 7.08. The van der Waals surface area contributed by atoms with Crippen LogP contribution in [0, 0.1) is 17.3 Å². The largest absolute Gasteiger partial charge is 0.393 e. The molecule has 2 atom stereocenters. The van der Waals surface area contributed by atoms with Crippen molar-refractivity contribution in [2.24, 2.45) is 17.3 Å². The standard InChI is InChI=1S/C18H33NO2/c1-13(20)12-16-6-5-11-19(16)17(21)14-7-9-15(10-8-14)18(2,3)4/h13-16,20H,5-12H2,1-4H3. The van der Waals surface area contributed by atoms with Crippen molar-refractivity contribution in [1.82, 2.24) is 4.90 Å². The lowest BCUT2D eigenvalue weighted by Crippen LogP contribution is -2.42. The van der Waals surface area contributed by atoms with Crippen LogP contribution in [0.4, 0.5) is 0 Å². The molecule has 1 amide bonds. The third-order valence-electron chi connectivity index (χ3n) is 5.57. The summed E-state index contributed by atoms with van der Waals surface area (Å²) in [6.45, 7) is 9.68. The third-order valence-corrected chi connectivity index (χ3v) is 5.57. The van der Waals surface area contributed by atoms with Gasteiger partial charge in [0.2, 0.25) is 5.91 Å². The van der Waals surface area contributed by atoms with E-state index in [1.54, 1.807) is 0 Å². The highest BCUT2D eigenvalue weighted by Crippen LogP contribution is 2.40. The van der Waals surface area contributed by atoms with Crippen molar-refractivity contribution >= 4 is 5.91 Å². The first-order chi connectivity index (χ1) is 9.79.